The van der Waals surface area contributed by atoms with Gasteiger partial charge in [-0.05, 0) is 31.0 Å². The van der Waals surface area contributed by atoms with Crippen LogP contribution in [0.5, 0.6) is 0 Å². The van der Waals surface area contributed by atoms with Crippen molar-refractivity contribution in [1.29, 1.82) is 5.26 Å². The van der Waals surface area contributed by atoms with E-state index >= 15 is 0 Å². The lowest BCUT2D eigenvalue weighted by atomic mass is 10.0. The number of nitrogens with one attached hydrogen (secondary N) is 2. The third kappa shape index (κ3) is 5.08. The van der Waals surface area contributed by atoms with Gasteiger partial charge >= 0.3 is 5.69 Å². The zero-order valence-electron chi connectivity index (χ0n) is 13.8. The zero-order chi connectivity index (χ0) is 18.4. The van der Waals surface area contributed by atoms with Crippen molar-refractivity contribution >= 4 is 29.3 Å². The molecule has 2 rings (SSSR count). The number of carbonyl (C=O) groups excluding carboxylic acids is 1. The molecule has 6 nitrogen and oxygen atoms in total. The van der Waals surface area contributed by atoms with Crippen LogP contribution in [0.3, 0.4) is 0 Å². The molecule has 2 N–H and O–H groups in total. The van der Waals surface area contributed by atoms with Crippen molar-refractivity contribution in [2.45, 2.75) is 31.3 Å². The molecule has 0 saturated heterocycles. The number of aromatic nitrogens is 2. The largest absolute Gasteiger partial charge is 0.349 e. The topological polar surface area (TPSA) is 98.6 Å². The van der Waals surface area contributed by atoms with Gasteiger partial charge in [0.1, 0.15) is 16.7 Å². The number of rotatable bonds is 6. The number of hydrogen-bond acceptors (Lipinski definition) is 5. The Morgan fingerprint density at radius 2 is 2.12 bits per heavy atom. The van der Waals surface area contributed by atoms with Gasteiger partial charge in [0.25, 0.3) is 0 Å². The molecule has 0 spiro atoms. The molecular formula is C17H17ClN4O2S. The summed E-state index contributed by atoms with van der Waals surface area (Å²) in [6, 6.07) is 9.18. The van der Waals surface area contributed by atoms with Crippen LogP contribution in [0.15, 0.2) is 34.1 Å². The van der Waals surface area contributed by atoms with Crippen LogP contribution < -0.4 is 11.0 Å². The van der Waals surface area contributed by atoms with Crippen LogP contribution in [-0.4, -0.2) is 21.6 Å². The minimum absolute atomic E-state index is 0.0641. The lowest BCUT2D eigenvalue weighted by Crippen LogP contribution is -2.29. The molecule has 0 aliphatic carbocycles. The molecule has 1 amide bonds. The lowest BCUT2D eigenvalue weighted by Gasteiger charge is -2.17. The number of aromatic amines is 1. The number of halogens is 1. The number of nitriles is 1. The molecule has 2 aromatic rings. The van der Waals surface area contributed by atoms with E-state index in [0.29, 0.717) is 10.7 Å². The molecule has 0 fully saturated rings. The average Bonchev–Trinajstić information content (AvgIpc) is 2.58. The summed E-state index contributed by atoms with van der Waals surface area (Å²) in [5, 5.41) is 13.0. The highest BCUT2D eigenvalue weighted by Crippen LogP contribution is 2.22. The van der Waals surface area contributed by atoms with Crippen molar-refractivity contribution in [3.8, 4) is 6.07 Å². The molecule has 0 bridgehead atoms. The van der Waals surface area contributed by atoms with E-state index in [1.807, 2.05) is 25.1 Å². The van der Waals surface area contributed by atoms with E-state index < -0.39 is 5.69 Å². The molecule has 0 radical (unpaired) electrons. The summed E-state index contributed by atoms with van der Waals surface area (Å²) in [7, 11) is 0. The summed E-state index contributed by atoms with van der Waals surface area (Å²) in [5.74, 6) is -0.135. The number of aryl methyl sites for hydroxylation is 1. The third-order valence-corrected chi connectivity index (χ3v) is 4.78. The number of hydrogen-bond donors (Lipinski definition) is 2. The minimum Gasteiger partial charge on any atom is -0.349 e. The van der Waals surface area contributed by atoms with Gasteiger partial charge in [0, 0.05) is 10.7 Å². The Kier molecular flexibility index (Phi) is 6.62. The van der Waals surface area contributed by atoms with E-state index in [4.69, 9.17) is 11.6 Å². The van der Waals surface area contributed by atoms with Gasteiger partial charge in [-0.25, -0.2) is 4.79 Å². The van der Waals surface area contributed by atoms with E-state index in [0.717, 1.165) is 23.7 Å². The monoisotopic (exact) mass is 376 g/mol. The Morgan fingerprint density at radius 3 is 2.72 bits per heavy atom. The second-order valence-electron chi connectivity index (χ2n) is 5.33. The van der Waals surface area contributed by atoms with Gasteiger partial charge in [0.15, 0.2) is 0 Å². The second-order valence-corrected chi connectivity index (χ2v) is 6.73. The highest BCUT2D eigenvalue weighted by atomic mass is 35.5. The maximum Gasteiger partial charge on any atom is 0.346 e. The molecule has 0 unspecified atom stereocenters. The van der Waals surface area contributed by atoms with Gasteiger partial charge in [-0.1, -0.05) is 42.4 Å². The third-order valence-electron chi connectivity index (χ3n) is 3.55. The molecule has 0 aliphatic heterocycles. The van der Waals surface area contributed by atoms with Crippen LogP contribution >= 0.6 is 23.4 Å². The molecule has 0 aliphatic rings. The van der Waals surface area contributed by atoms with Gasteiger partial charge in [0.2, 0.25) is 5.91 Å². The van der Waals surface area contributed by atoms with Crippen molar-refractivity contribution < 1.29 is 4.79 Å². The van der Waals surface area contributed by atoms with E-state index in [-0.39, 0.29) is 28.3 Å². The van der Waals surface area contributed by atoms with Gasteiger partial charge in [0.05, 0.1) is 11.8 Å². The van der Waals surface area contributed by atoms with Crippen LogP contribution in [0.25, 0.3) is 0 Å². The summed E-state index contributed by atoms with van der Waals surface area (Å²) in [6.45, 7) is 3.60. The van der Waals surface area contributed by atoms with Crippen LogP contribution in [-0.2, 0) is 4.79 Å². The Labute approximate surface area is 154 Å². The van der Waals surface area contributed by atoms with Crippen molar-refractivity contribution in [1.82, 2.24) is 15.3 Å². The fourth-order valence-electron chi connectivity index (χ4n) is 2.28. The van der Waals surface area contributed by atoms with Crippen molar-refractivity contribution in [3.63, 3.8) is 0 Å². The SMILES string of the molecule is CC[C@H](NC(=O)CSc1nc(=O)[nH]c(C)c1C#N)c1ccc(Cl)cc1. The first kappa shape index (κ1) is 19.0. The molecule has 1 heterocycles. The smallest absolute Gasteiger partial charge is 0.346 e. The first-order chi connectivity index (χ1) is 11.9. The molecule has 0 saturated carbocycles. The second kappa shape index (κ2) is 8.70. The maximum atomic E-state index is 12.2. The van der Waals surface area contributed by atoms with Crippen molar-refractivity contribution in [2.24, 2.45) is 0 Å². The minimum atomic E-state index is -0.535. The Morgan fingerprint density at radius 1 is 1.44 bits per heavy atom. The molecule has 1 aromatic heterocycles. The molecule has 1 aromatic carbocycles. The summed E-state index contributed by atoms with van der Waals surface area (Å²) in [5.41, 5.74) is 1.15. The normalized spacial score (nSPS) is 11.6. The molecule has 130 valence electrons. The number of benzene rings is 1. The summed E-state index contributed by atoms with van der Waals surface area (Å²) in [6.07, 6.45) is 0.726. The summed E-state index contributed by atoms with van der Waals surface area (Å²) in [4.78, 5) is 30.0. The van der Waals surface area contributed by atoms with Gasteiger partial charge in [-0.15, -0.1) is 0 Å². The first-order valence-electron chi connectivity index (χ1n) is 7.63. The number of carbonyl (C=O) groups is 1. The molecule has 1 atom stereocenters. The van der Waals surface area contributed by atoms with Crippen LogP contribution in [0, 0.1) is 18.3 Å². The quantitative estimate of drug-likeness (QED) is 0.596. The van der Waals surface area contributed by atoms with Crippen LogP contribution in [0.4, 0.5) is 0 Å². The Bertz CT molecular complexity index is 858. The van der Waals surface area contributed by atoms with Crippen LogP contribution in [0.1, 0.15) is 36.2 Å². The first-order valence-corrected chi connectivity index (χ1v) is 8.99. The number of thioether (sulfide) groups is 1. The lowest BCUT2D eigenvalue weighted by molar-refractivity contribution is -0.119. The summed E-state index contributed by atoms with van der Waals surface area (Å²) < 4.78 is 0. The molecular weight excluding hydrogens is 360 g/mol. The predicted molar refractivity (Wildman–Crippen MR) is 97.7 cm³/mol. The fourth-order valence-corrected chi connectivity index (χ4v) is 3.25. The molecule has 8 heteroatoms. The van der Waals surface area contributed by atoms with E-state index in [9.17, 15) is 14.9 Å². The average molecular weight is 377 g/mol. The van der Waals surface area contributed by atoms with Crippen LogP contribution in [0.2, 0.25) is 5.02 Å². The highest BCUT2D eigenvalue weighted by Gasteiger charge is 2.15. The Hall–Kier alpha value is -2.30. The fraction of sp³-hybridized carbons (Fsp3) is 0.294. The molecule has 25 heavy (non-hydrogen) atoms. The van der Waals surface area contributed by atoms with E-state index in [1.165, 1.54) is 0 Å². The van der Waals surface area contributed by atoms with Crippen molar-refractivity contribution in [3.05, 3.63) is 56.6 Å². The van der Waals surface area contributed by atoms with Gasteiger partial charge in [-0.2, -0.15) is 10.2 Å². The van der Waals surface area contributed by atoms with E-state index in [1.54, 1.807) is 19.1 Å². The number of nitrogens with zero attached hydrogens (tertiary/aromatic N) is 2. The van der Waals surface area contributed by atoms with Crippen molar-refractivity contribution in [2.75, 3.05) is 5.75 Å². The van der Waals surface area contributed by atoms with E-state index in [2.05, 4.69) is 15.3 Å². The Balaban J connectivity index is 2.04. The standard InChI is InChI=1S/C17H17ClN4O2S/c1-3-14(11-4-6-12(18)7-5-11)21-15(23)9-25-16-13(8-19)10(2)20-17(24)22-16/h4-7,14H,3,9H2,1-2H3,(H,21,23)(H,20,22,24)/t14-/m0/s1. The number of H-pyrrole nitrogens is 1. The predicted octanol–water partition coefficient (Wildman–Crippen LogP) is 2.96. The number of amides is 1. The maximum absolute atomic E-state index is 12.2. The zero-order valence-corrected chi connectivity index (χ0v) is 15.4. The van der Waals surface area contributed by atoms with Gasteiger partial charge in [-0.3, -0.25) is 4.79 Å². The summed E-state index contributed by atoms with van der Waals surface area (Å²) >= 11 is 6.96. The van der Waals surface area contributed by atoms with Gasteiger partial charge < -0.3 is 10.3 Å². The highest BCUT2D eigenvalue weighted by molar-refractivity contribution is 8.00.